The quantitative estimate of drug-likeness (QED) is 0.621. The number of likely N-dealkylation sites (tertiary alicyclic amines) is 2. The Kier molecular flexibility index (Phi) is 7.31. The van der Waals surface area contributed by atoms with Gasteiger partial charge in [-0.05, 0) is 55.8 Å². The van der Waals surface area contributed by atoms with Crippen molar-refractivity contribution in [3.05, 3.63) is 28.8 Å². The maximum atomic E-state index is 12.7. The Balaban J connectivity index is 1.30. The van der Waals surface area contributed by atoms with E-state index >= 15 is 0 Å². The lowest BCUT2D eigenvalue weighted by molar-refractivity contribution is -0.200. The van der Waals surface area contributed by atoms with Crippen LogP contribution in [0.15, 0.2) is 18.2 Å². The Hall–Kier alpha value is -1.71. The van der Waals surface area contributed by atoms with E-state index in [-0.39, 0.29) is 5.41 Å². The van der Waals surface area contributed by atoms with E-state index in [0.717, 1.165) is 69.6 Å². The zero-order chi connectivity index (χ0) is 23.6. The minimum atomic E-state index is -4.54. The van der Waals surface area contributed by atoms with E-state index in [0.29, 0.717) is 26.3 Å². The first-order chi connectivity index (χ1) is 15.7. The Labute approximate surface area is 197 Å². The van der Waals surface area contributed by atoms with Gasteiger partial charge in [0.05, 0.1) is 23.9 Å². The van der Waals surface area contributed by atoms with Crippen molar-refractivity contribution < 1.29 is 27.4 Å². The van der Waals surface area contributed by atoms with Gasteiger partial charge in [-0.1, -0.05) is 17.7 Å². The van der Waals surface area contributed by atoms with Gasteiger partial charge >= 0.3 is 12.3 Å². The van der Waals surface area contributed by atoms with Crippen molar-refractivity contribution in [2.45, 2.75) is 45.0 Å². The molecule has 10 heteroatoms. The lowest BCUT2D eigenvalue weighted by Gasteiger charge is -2.39. The van der Waals surface area contributed by atoms with Gasteiger partial charge in [0.15, 0.2) is 6.10 Å². The van der Waals surface area contributed by atoms with Gasteiger partial charge in [-0.15, -0.1) is 0 Å². The van der Waals surface area contributed by atoms with Crippen molar-refractivity contribution in [3.63, 3.8) is 0 Å². The fourth-order valence-corrected chi connectivity index (χ4v) is 5.23. The van der Waals surface area contributed by atoms with Crippen LogP contribution in [-0.2, 0) is 16.0 Å². The third kappa shape index (κ3) is 5.87. The number of morpholine rings is 1. The molecule has 1 unspecified atom stereocenters. The van der Waals surface area contributed by atoms with E-state index in [4.69, 9.17) is 16.3 Å². The van der Waals surface area contributed by atoms with Gasteiger partial charge in [0.1, 0.15) is 0 Å². The van der Waals surface area contributed by atoms with Crippen LogP contribution in [0.1, 0.15) is 31.7 Å². The normalized spacial score (nSPS) is 22.6. The summed E-state index contributed by atoms with van der Waals surface area (Å²) in [7, 11) is 0. The van der Waals surface area contributed by atoms with Crippen molar-refractivity contribution >= 4 is 23.4 Å². The maximum Gasteiger partial charge on any atom is 0.425 e. The highest BCUT2D eigenvalue weighted by Crippen LogP contribution is 2.41. The number of amides is 1. The molecule has 0 aliphatic carbocycles. The van der Waals surface area contributed by atoms with Crippen LogP contribution in [0.2, 0.25) is 5.02 Å². The molecule has 3 aliphatic rings. The van der Waals surface area contributed by atoms with E-state index in [2.05, 4.69) is 26.7 Å². The second-order valence-electron chi connectivity index (χ2n) is 9.40. The van der Waals surface area contributed by atoms with Crippen molar-refractivity contribution in [1.82, 2.24) is 9.80 Å². The van der Waals surface area contributed by atoms with E-state index < -0.39 is 18.4 Å². The second-order valence-corrected chi connectivity index (χ2v) is 9.81. The Morgan fingerprint density at radius 3 is 2.48 bits per heavy atom. The summed E-state index contributed by atoms with van der Waals surface area (Å²) >= 11 is 6.46. The van der Waals surface area contributed by atoms with Gasteiger partial charge in [-0.25, -0.2) is 4.79 Å². The molecule has 0 N–H and O–H groups in total. The zero-order valence-corrected chi connectivity index (χ0v) is 19.6. The lowest BCUT2D eigenvalue weighted by Crippen LogP contribution is -2.46. The van der Waals surface area contributed by atoms with Gasteiger partial charge in [-0.3, -0.25) is 4.90 Å². The number of carbonyl (C=O) groups excluding carboxylic acids is 1. The molecule has 0 aromatic heterocycles. The first kappa shape index (κ1) is 24.4. The number of hydrogen-bond acceptors (Lipinski definition) is 5. The highest BCUT2D eigenvalue weighted by molar-refractivity contribution is 6.33. The first-order valence-electron chi connectivity index (χ1n) is 11.5. The molecule has 33 heavy (non-hydrogen) atoms. The molecule has 0 bridgehead atoms. The highest BCUT2D eigenvalue weighted by Gasteiger charge is 2.43. The number of hydrogen-bond donors (Lipinski definition) is 0. The first-order valence-corrected chi connectivity index (χ1v) is 11.9. The predicted octanol–water partition coefficient (Wildman–Crippen LogP) is 4.55. The topological polar surface area (TPSA) is 45.2 Å². The zero-order valence-electron chi connectivity index (χ0n) is 18.9. The van der Waals surface area contributed by atoms with Crippen molar-refractivity contribution in [2.75, 3.05) is 57.4 Å². The third-order valence-corrected chi connectivity index (χ3v) is 7.43. The van der Waals surface area contributed by atoms with Crippen LogP contribution in [0.5, 0.6) is 0 Å². The maximum absolute atomic E-state index is 12.7. The molecule has 4 rings (SSSR count). The van der Waals surface area contributed by atoms with Crippen LogP contribution in [0, 0.1) is 5.41 Å². The average Bonchev–Trinajstić information content (AvgIpc) is 3.17. The lowest BCUT2D eigenvalue weighted by atomic mass is 9.78. The van der Waals surface area contributed by atoms with Crippen molar-refractivity contribution in [2.24, 2.45) is 5.41 Å². The molecule has 0 saturated carbocycles. The molecule has 1 atom stereocenters. The van der Waals surface area contributed by atoms with Gasteiger partial charge in [0.25, 0.3) is 0 Å². The number of carbonyl (C=O) groups is 1. The number of nitrogens with zero attached hydrogens (tertiary/aromatic N) is 3. The third-order valence-electron chi connectivity index (χ3n) is 7.11. The molecular formula is C23H31ClF3N3O3. The monoisotopic (exact) mass is 489 g/mol. The summed E-state index contributed by atoms with van der Waals surface area (Å²) in [6, 6.07) is 6.19. The fraction of sp³-hybridized carbons (Fsp3) is 0.696. The van der Waals surface area contributed by atoms with E-state index in [1.807, 2.05) is 6.07 Å². The van der Waals surface area contributed by atoms with Crippen LogP contribution in [0.25, 0.3) is 0 Å². The largest absolute Gasteiger partial charge is 0.437 e. The fourth-order valence-electron chi connectivity index (χ4n) is 4.99. The van der Waals surface area contributed by atoms with E-state index in [1.165, 1.54) is 10.5 Å². The van der Waals surface area contributed by atoms with Gasteiger partial charge in [-0.2, -0.15) is 13.2 Å². The number of rotatable bonds is 4. The van der Waals surface area contributed by atoms with Crippen LogP contribution in [0.3, 0.4) is 0 Å². The molecule has 3 aliphatic heterocycles. The molecule has 1 aromatic carbocycles. The number of halogens is 4. The Morgan fingerprint density at radius 2 is 1.82 bits per heavy atom. The second kappa shape index (κ2) is 9.88. The minimum Gasteiger partial charge on any atom is -0.437 e. The highest BCUT2D eigenvalue weighted by atomic mass is 35.5. The Morgan fingerprint density at radius 1 is 1.15 bits per heavy atom. The van der Waals surface area contributed by atoms with Gasteiger partial charge in [0, 0.05) is 39.3 Å². The van der Waals surface area contributed by atoms with Crippen LogP contribution in [-0.4, -0.2) is 80.7 Å². The number of alkyl halides is 3. The molecular weight excluding hydrogens is 459 g/mol. The van der Waals surface area contributed by atoms with Crippen LogP contribution >= 0.6 is 11.6 Å². The van der Waals surface area contributed by atoms with Crippen LogP contribution in [0.4, 0.5) is 23.7 Å². The molecule has 1 spiro atoms. The number of piperidine rings is 1. The minimum absolute atomic E-state index is 0.103. The number of anilines is 1. The summed E-state index contributed by atoms with van der Waals surface area (Å²) in [4.78, 5) is 18.2. The van der Waals surface area contributed by atoms with E-state index in [1.54, 1.807) is 0 Å². The standard InChI is InChI=1S/C23H31ClF3N3O3/c1-17(23(25,26)27)33-21(31)30-8-5-22(6-9-30)4-7-28(16-22)15-18-2-3-19(24)20(14-18)29-10-12-32-13-11-29/h2-3,14,17H,4-13,15-16H2,1H3. The molecule has 3 fully saturated rings. The molecule has 3 heterocycles. The van der Waals surface area contributed by atoms with Gasteiger partial charge in [0.2, 0.25) is 0 Å². The predicted molar refractivity (Wildman–Crippen MR) is 120 cm³/mol. The van der Waals surface area contributed by atoms with Crippen molar-refractivity contribution in [1.29, 1.82) is 0 Å². The summed E-state index contributed by atoms with van der Waals surface area (Å²) in [6.45, 7) is 7.50. The smallest absolute Gasteiger partial charge is 0.425 e. The summed E-state index contributed by atoms with van der Waals surface area (Å²) in [5, 5.41) is 0.748. The van der Waals surface area contributed by atoms with Crippen molar-refractivity contribution in [3.8, 4) is 0 Å². The van der Waals surface area contributed by atoms with Crippen LogP contribution < -0.4 is 4.90 Å². The summed E-state index contributed by atoms with van der Waals surface area (Å²) in [6.07, 6.45) is -4.93. The average molecular weight is 490 g/mol. The summed E-state index contributed by atoms with van der Waals surface area (Å²) in [5.74, 6) is 0. The molecule has 6 nitrogen and oxygen atoms in total. The molecule has 1 aromatic rings. The van der Waals surface area contributed by atoms with E-state index in [9.17, 15) is 18.0 Å². The van der Waals surface area contributed by atoms with Gasteiger partial charge < -0.3 is 19.3 Å². The number of ether oxygens (including phenoxy) is 2. The summed E-state index contributed by atoms with van der Waals surface area (Å²) in [5.41, 5.74) is 2.36. The molecule has 3 saturated heterocycles. The number of benzene rings is 1. The Bertz CT molecular complexity index is 840. The molecule has 1 amide bonds. The molecule has 184 valence electrons. The summed E-state index contributed by atoms with van der Waals surface area (Å²) < 4.78 is 48.1. The molecule has 0 radical (unpaired) electrons. The SMILES string of the molecule is CC(OC(=O)N1CCC2(CCN(Cc3ccc(Cl)c(N4CCOCC4)c3)C2)CC1)C(F)(F)F.